The molecule has 4 aromatic rings. The maximum Gasteiger partial charge on any atom is 0.264 e. The second-order valence-corrected chi connectivity index (χ2v) is 12.3. The number of anilines is 3. The van der Waals surface area contributed by atoms with Crippen molar-refractivity contribution < 1.29 is 26.4 Å². The first-order valence-corrected chi connectivity index (χ1v) is 14.7. The summed E-state index contributed by atoms with van der Waals surface area (Å²) >= 11 is 0. The van der Waals surface area contributed by atoms with Crippen molar-refractivity contribution in [1.29, 1.82) is 0 Å². The van der Waals surface area contributed by atoms with Gasteiger partial charge in [-0.25, -0.2) is 16.8 Å². The molecule has 9 nitrogen and oxygen atoms in total. The zero-order valence-electron chi connectivity index (χ0n) is 21.5. The second kappa shape index (κ2) is 11.2. The van der Waals surface area contributed by atoms with Crippen LogP contribution >= 0.6 is 0 Å². The third-order valence-corrected chi connectivity index (χ3v) is 9.13. The van der Waals surface area contributed by atoms with E-state index < -0.39 is 26.0 Å². The smallest absolute Gasteiger partial charge is 0.264 e. The highest BCUT2D eigenvalue weighted by Crippen LogP contribution is 2.25. The molecule has 0 spiro atoms. The molecule has 2 N–H and O–H groups in total. The summed E-state index contributed by atoms with van der Waals surface area (Å²) < 4.78 is 60.0. The lowest BCUT2D eigenvalue weighted by atomic mass is 10.2. The van der Waals surface area contributed by atoms with Gasteiger partial charge in [-0.2, -0.15) is 0 Å². The van der Waals surface area contributed by atoms with Crippen LogP contribution in [0.5, 0.6) is 5.75 Å². The summed E-state index contributed by atoms with van der Waals surface area (Å²) in [6.45, 7) is 1.91. The van der Waals surface area contributed by atoms with Gasteiger partial charge in [-0.05, 0) is 91.9 Å². The summed E-state index contributed by atoms with van der Waals surface area (Å²) in [6, 6.07) is 24.9. The van der Waals surface area contributed by atoms with E-state index in [-0.39, 0.29) is 9.79 Å². The molecule has 0 aliphatic carbocycles. The van der Waals surface area contributed by atoms with Gasteiger partial charge in [0.05, 0.1) is 22.6 Å². The number of nitrogens with zero attached hydrogens (tertiary/aromatic N) is 1. The molecule has 11 heteroatoms. The number of sulfonamides is 2. The van der Waals surface area contributed by atoms with E-state index in [2.05, 4.69) is 10.0 Å². The summed E-state index contributed by atoms with van der Waals surface area (Å²) in [7, 11) is -4.68. The molecule has 0 atom stereocenters. The Morgan fingerprint density at radius 1 is 0.718 bits per heavy atom. The van der Waals surface area contributed by atoms with Crippen LogP contribution in [0.4, 0.5) is 17.1 Å². The van der Waals surface area contributed by atoms with Crippen molar-refractivity contribution >= 4 is 43.0 Å². The van der Waals surface area contributed by atoms with Gasteiger partial charge in [0.25, 0.3) is 26.0 Å². The Labute approximate surface area is 228 Å². The van der Waals surface area contributed by atoms with Crippen LogP contribution in [-0.2, 0) is 20.0 Å². The highest BCUT2D eigenvalue weighted by atomic mass is 32.2. The Kier molecular flexibility index (Phi) is 7.93. The Hall–Kier alpha value is -4.35. The molecule has 0 heterocycles. The summed E-state index contributed by atoms with van der Waals surface area (Å²) in [5, 5.41) is 2.71. The Morgan fingerprint density at radius 3 is 1.82 bits per heavy atom. The van der Waals surface area contributed by atoms with Crippen LogP contribution in [-0.4, -0.2) is 36.9 Å². The number of carbonyl (C=O) groups is 1. The molecular formula is C28H27N3O6S2. The van der Waals surface area contributed by atoms with E-state index in [1.807, 2.05) is 6.92 Å². The number of hydrogen-bond acceptors (Lipinski definition) is 6. The maximum absolute atomic E-state index is 13.0. The molecule has 0 fully saturated rings. The summed E-state index contributed by atoms with van der Waals surface area (Å²) in [6.07, 6.45) is 0. The molecule has 1 amide bonds. The normalized spacial score (nSPS) is 11.5. The summed E-state index contributed by atoms with van der Waals surface area (Å²) in [5.74, 6) is 0.109. The lowest BCUT2D eigenvalue weighted by Crippen LogP contribution is -2.26. The van der Waals surface area contributed by atoms with Gasteiger partial charge in [0.1, 0.15) is 5.75 Å². The lowest BCUT2D eigenvalue weighted by Gasteiger charge is -2.20. The van der Waals surface area contributed by atoms with Crippen molar-refractivity contribution in [2.24, 2.45) is 0 Å². The second-order valence-electron chi connectivity index (χ2n) is 8.64. The first-order chi connectivity index (χ1) is 18.5. The van der Waals surface area contributed by atoms with Gasteiger partial charge in [-0.3, -0.25) is 13.8 Å². The molecular weight excluding hydrogens is 538 g/mol. The van der Waals surface area contributed by atoms with Crippen molar-refractivity contribution in [3.63, 3.8) is 0 Å². The van der Waals surface area contributed by atoms with E-state index in [4.69, 9.17) is 4.74 Å². The molecule has 0 saturated heterocycles. The van der Waals surface area contributed by atoms with Gasteiger partial charge in [0.2, 0.25) is 0 Å². The Morgan fingerprint density at radius 2 is 1.26 bits per heavy atom. The number of amides is 1. The van der Waals surface area contributed by atoms with Crippen molar-refractivity contribution in [1.82, 2.24) is 0 Å². The molecule has 39 heavy (non-hydrogen) atoms. The molecule has 0 radical (unpaired) electrons. The molecule has 0 bridgehead atoms. The minimum Gasteiger partial charge on any atom is -0.497 e. The number of ether oxygens (including phenoxy) is 1. The van der Waals surface area contributed by atoms with Crippen molar-refractivity contribution in [2.45, 2.75) is 16.7 Å². The van der Waals surface area contributed by atoms with Crippen LogP contribution in [0, 0.1) is 6.92 Å². The van der Waals surface area contributed by atoms with Gasteiger partial charge >= 0.3 is 0 Å². The molecule has 4 rings (SSSR count). The zero-order valence-corrected chi connectivity index (χ0v) is 23.1. The topological polar surface area (TPSA) is 122 Å². The number of nitrogens with one attached hydrogen (secondary N) is 2. The van der Waals surface area contributed by atoms with Crippen LogP contribution in [0.25, 0.3) is 0 Å². The van der Waals surface area contributed by atoms with E-state index in [1.165, 1.54) is 74.8 Å². The van der Waals surface area contributed by atoms with Crippen molar-refractivity contribution in [3.8, 4) is 5.75 Å². The van der Waals surface area contributed by atoms with E-state index in [1.54, 1.807) is 36.4 Å². The standard InChI is InChI=1S/C28H27N3O6S2/c1-20-4-8-23(9-5-20)30-38(33,34)26-16-10-22(11-17-26)29-28(32)21-6-12-24(13-7-21)31(2)39(35,36)27-18-14-25(37-3)15-19-27/h4-19,30H,1-3H3,(H,29,32). The third-order valence-electron chi connectivity index (χ3n) is 5.94. The lowest BCUT2D eigenvalue weighted by molar-refractivity contribution is 0.102. The number of methoxy groups -OCH3 is 1. The fourth-order valence-electron chi connectivity index (χ4n) is 3.62. The minimum absolute atomic E-state index is 0.0477. The van der Waals surface area contributed by atoms with Gasteiger partial charge in [0.15, 0.2) is 0 Å². The van der Waals surface area contributed by atoms with Crippen molar-refractivity contribution in [2.75, 3.05) is 28.5 Å². The van der Waals surface area contributed by atoms with Crippen LogP contribution in [0.3, 0.4) is 0 Å². The van der Waals surface area contributed by atoms with E-state index >= 15 is 0 Å². The Bertz CT molecular complexity index is 1670. The average molecular weight is 566 g/mol. The molecule has 0 aliphatic heterocycles. The highest BCUT2D eigenvalue weighted by Gasteiger charge is 2.22. The van der Waals surface area contributed by atoms with Crippen LogP contribution in [0.15, 0.2) is 107 Å². The summed E-state index contributed by atoms with van der Waals surface area (Å²) in [5.41, 5.74) is 2.53. The fraction of sp³-hybridized carbons (Fsp3) is 0.107. The van der Waals surface area contributed by atoms with Crippen LogP contribution in [0.1, 0.15) is 15.9 Å². The number of rotatable bonds is 9. The van der Waals surface area contributed by atoms with Gasteiger partial charge in [0, 0.05) is 24.0 Å². The third kappa shape index (κ3) is 6.39. The quantitative estimate of drug-likeness (QED) is 0.298. The largest absolute Gasteiger partial charge is 0.497 e. The minimum atomic E-state index is -3.81. The first kappa shape index (κ1) is 27.7. The molecule has 0 saturated carbocycles. The zero-order chi connectivity index (χ0) is 28.2. The van der Waals surface area contributed by atoms with E-state index in [0.29, 0.717) is 28.4 Å². The van der Waals surface area contributed by atoms with E-state index in [9.17, 15) is 21.6 Å². The highest BCUT2D eigenvalue weighted by molar-refractivity contribution is 7.93. The molecule has 0 aromatic heterocycles. The maximum atomic E-state index is 13.0. The SMILES string of the molecule is COc1ccc(S(=O)(=O)N(C)c2ccc(C(=O)Nc3ccc(S(=O)(=O)Nc4ccc(C)cc4)cc3)cc2)cc1. The predicted octanol–water partition coefficient (Wildman–Crippen LogP) is 4.88. The molecule has 202 valence electrons. The molecule has 4 aromatic carbocycles. The van der Waals surface area contributed by atoms with Gasteiger partial charge < -0.3 is 10.1 Å². The summed E-state index contributed by atoms with van der Waals surface area (Å²) in [4.78, 5) is 12.9. The van der Waals surface area contributed by atoms with Crippen LogP contribution < -0.4 is 19.1 Å². The number of benzene rings is 4. The van der Waals surface area contributed by atoms with Gasteiger partial charge in [-0.1, -0.05) is 17.7 Å². The van der Waals surface area contributed by atoms with Crippen molar-refractivity contribution in [3.05, 3.63) is 108 Å². The fourth-order valence-corrected chi connectivity index (χ4v) is 5.88. The van der Waals surface area contributed by atoms with Crippen LogP contribution in [0.2, 0.25) is 0 Å². The number of hydrogen-bond donors (Lipinski definition) is 2. The monoisotopic (exact) mass is 565 g/mol. The van der Waals surface area contributed by atoms with E-state index in [0.717, 1.165) is 9.87 Å². The predicted molar refractivity (Wildman–Crippen MR) is 151 cm³/mol. The first-order valence-electron chi connectivity index (χ1n) is 11.7. The molecule has 0 unspecified atom stereocenters. The number of aryl methyl sites for hydroxylation is 1. The van der Waals surface area contributed by atoms with Gasteiger partial charge in [-0.15, -0.1) is 0 Å². The average Bonchev–Trinajstić information content (AvgIpc) is 2.94. The molecule has 0 aliphatic rings. The Balaban J connectivity index is 1.42. The number of carbonyl (C=O) groups excluding carboxylic acids is 1.